The average molecular weight is 269 g/mol. The van der Waals surface area contributed by atoms with E-state index in [4.69, 9.17) is 0 Å². The van der Waals surface area contributed by atoms with Crippen LogP contribution in [-0.4, -0.2) is 9.97 Å². The van der Waals surface area contributed by atoms with E-state index in [0.29, 0.717) is 17.2 Å². The summed E-state index contributed by atoms with van der Waals surface area (Å²) in [6.45, 7) is 1.99. The van der Waals surface area contributed by atoms with Gasteiger partial charge in [-0.3, -0.25) is 4.79 Å². The Balaban J connectivity index is 2.06. The maximum atomic E-state index is 11.9. The van der Waals surface area contributed by atoms with Gasteiger partial charge in [-0.1, -0.05) is 18.2 Å². The number of anilines is 2. The molecule has 2 heterocycles. The van der Waals surface area contributed by atoms with Gasteiger partial charge in [0, 0.05) is 11.1 Å². The second kappa shape index (κ2) is 4.78. The fourth-order valence-corrected chi connectivity index (χ4v) is 2.45. The zero-order valence-electron chi connectivity index (χ0n) is 10.3. The normalized spacial score (nSPS) is 10.6. The number of hydrogen-bond acceptors (Lipinski definition) is 5. The van der Waals surface area contributed by atoms with Gasteiger partial charge in [-0.05, 0) is 30.0 Å². The molecule has 0 saturated heterocycles. The molecule has 1 aromatic rings. The Morgan fingerprint density at radius 2 is 2.00 bits per heavy atom. The molecule has 0 atom stereocenters. The topological polar surface area (TPSA) is 54.9 Å². The summed E-state index contributed by atoms with van der Waals surface area (Å²) in [7, 11) is 0. The lowest BCUT2D eigenvalue weighted by atomic mass is 10.2. The van der Waals surface area contributed by atoms with Crippen molar-refractivity contribution in [3.8, 4) is 11.3 Å². The van der Waals surface area contributed by atoms with E-state index >= 15 is 0 Å². The number of fused-ring (bicyclic) bond motifs is 1. The summed E-state index contributed by atoms with van der Waals surface area (Å²) >= 11 is 1.46. The minimum Gasteiger partial charge on any atom is -0.324 e. The highest BCUT2D eigenvalue weighted by Crippen LogP contribution is 2.21. The molecule has 0 unspecified atom stereocenters. The molecule has 4 nitrogen and oxygen atoms in total. The van der Waals surface area contributed by atoms with Gasteiger partial charge in [-0.25, -0.2) is 4.98 Å². The number of nitrogens with zero attached hydrogens (tertiary/aromatic N) is 2. The molecule has 2 aliphatic heterocycles. The second-order valence-corrected chi connectivity index (χ2v) is 4.93. The van der Waals surface area contributed by atoms with Gasteiger partial charge in [0.25, 0.3) is 5.56 Å². The average Bonchev–Trinajstić information content (AvgIpc) is 2.42. The van der Waals surface area contributed by atoms with Crippen LogP contribution in [-0.2, 0) is 0 Å². The second-order valence-electron chi connectivity index (χ2n) is 4.15. The van der Waals surface area contributed by atoms with Crippen molar-refractivity contribution < 1.29 is 0 Å². The van der Waals surface area contributed by atoms with E-state index in [1.807, 2.05) is 42.6 Å². The molecule has 3 rings (SSSR count). The minimum atomic E-state index is -0.252. The first-order valence-corrected chi connectivity index (χ1v) is 6.75. The summed E-state index contributed by atoms with van der Waals surface area (Å²) in [6, 6.07) is 9.63. The number of hydrogen-bond donors (Lipinski definition) is 1. The summed E-state index contributed by atoms with van der Waals surface area (Å²) in [6.07, 6.45) is 0. The standard InChI is InChI=1S/C14H11N3OS/c1-9-4-2-3-5-11(9)15-14-16-12-6-7-19-8-10(12)13(18)17-14/h2-8H,1H3,(H,15,17,18). The van der Waals surface area contributed by atoms with Crippen molar-refractivity contribution in [2.75, 3.05) is 5.32 Å². The smallest absolute Gasteiger partial charge is 0.283 e. The van der Waals surface area contributed by atoms with E-state index in [0.717, 1.165) is 11.3 Å². The number of para-hydroxylation sites is 1. The monoisotopic (exact) mass is 269 g/mol. The maximum absolute atomic E-state index is 11.9. The van der Waals surface area contributed by atoms with E-state index < -0.39 is 0 Å². The molecule has 0 aliphatic carbocycles. The number of aryl methyl sites for hydroxylation is 1. The Bertz CT molecular complexity index is 754. The van der Waals surface area contributed by atoms with Gasteiger partial charge in [0.1, 0.15) is 0 Å². The molecule has 94 valence electrons. The van der Waals surface area contributed by atoms with Crippen molar-refractivity contribution in [1.29, 1.82) is 0 Å². The molecule has 1 N–H and O–H groups in total. The Labute approximate surface area is 114 Å². The Morgan fingerprint density at radius 1 is 1.16 bits per heavy atom. The first-order chi connectivity index (χ1) is 9.24. The molecular weight excluding hydrogens is 258 g/mol. The fraction of sp³-hybridized carbons (Fsp3) is 0.0714. The molecule has 0 saturated carbocycles. The quantitative estimate of drug-likeness (QED) is 0.777. The van der Waals surface area contributed by atoms with Crippen LogP contribution >= 0.6 is 11.3 Å². The first kappa shape index (κ1) is 11.8. The van der Waals surface area contributed by atoms with Crippen LogP contribution in [0.5, 0.6) is 0 Å². The third kappa shape index (κ3) is 2.32. The first-order valence-electron chi connectivity index (χ1n) is 5.81. The van der Waals surface area contributed by atoms with Gasteiger partial charge < -0.3 is 5.32 Å². The van der Waals surface area contributed by atoms with Crippen molar-refractivity contribution in [2.45, 2.75) is 6.92 Å². The molecule has 0 amide bonds. The number of rotatable bonds is 2. The van der Waals surface area contributed by atoms with Crippen LogP contribution in [0.25, 0.3) is 11.3 Å². The highest BCUT2D eigenvalue weighted by molar-refractivity contribution is 7.07. The van der Waals surface area contributed by atoms with Crippen molar-refractivity contribution >= 4 is 23.0 Å². The SMILES string of the molecule is Cc1ccccc1Nc1nc2ccscc-2c(=O)n1. The van der Waals surface area contributed by atoms with E-state index in [-0.39, 0.29) is 5.56 Å². The summed E-state index contributed by atoms with van der Waals surface area (Å²) in [5.74, 6) is 0.336. The Kier molecular flexibility index (Phi) is 2.97. The molecule has 2 aliphatic rings. The molecule has 0 radical (unpaired) electrons. The van der Waals surface area contributed by atoms with E-state index in [1.165, 1.54) is 11.3 Å². The molecule has 0 fully saturated rings. The summed E-state index contributed by atoms with van der Waals surface area (Å²) in [5.41, 5.74) is 2.95. The predicted octanol–water partition coefficient (Wildman–Crippen LogP) is 3.06. The number of benzene rings is 1. The lowest BCUT2D eigenvalue weighted by Gasteiger charge is -2.09. The van der Waals surface area contributed by atoms with Crippen molar-refractivity contribution in [2.24, 2.45) is 0 Å². The molecule has 0 bridgehead atoms. The lowest BCUT2D eigenvalue weighted by molar-refractivity contribution is 1.12. The number of aromatic nitrogens is 2. The van der Waals surface area contributed by atoms with Crippen molar-refractivity contribution in [3.63, 3.8) is 0 Å². The van der Waals surface area contributed by atoms with Crippen LogP contribution in [0.1, 0.15) is 5.56 Å². The van der Waals surface area contributed by atoms with E-state index in [2.05, 4.69) is 15.3 Å². The van der Waals surface area contributed by atoms with Crippen LogP contribution in [0.3, 0.4) is 0 Å². The largest absolute Gasteiger partial charge is 0.324 e. The summed E-state index contributed by atoms with van der Waals surface area (Å²) in [5, 5.41) is 6.75. The highest BCUT2D eigenvalue weighted by atomic mass is 32.1. The van der Waals surface area contributed by atoms with Crippen LogP contribution in [0, 0.1) is 6.92 Å². The summed E-state index contributed by atoms with van der Waals surface area (Å²) < 4.78 is 0. The van der Waals surface area contributed by atoms with Gasteiger partial charge in [-0.2, -0.15) is 16.3 Å². The molecule has 1 aromatic carbocycles. The molecule has 19 heavy (non-hydrogen) atoms. The lowest BCUT2D eigenvalue weighted by Crippen LogP contribution is -2.14. The molecular formula is C14H11N3OS. The Hall–Kier alpha value is -2.27. The van der Waals surface area contributed by atoms with E-state index in [1.54, 1.807) is 5.38 Å². The molecule has 5 heteroatoms. The van der Waals surface area contributed by atoms with Gasteiger partial charge in [0.2, 0.25) is 5.95 Å². The van der Waals surface area contributed by atoms with E-state index in [9.17, 15) is 4.79 Å². The van der Waals surface area contributed by atoms with Crippen molar-refractivity contribution in [1.82, 2.24) is 9.97 Å². The zero-order valence-corrected chi connectivity index (χ0v) is 11.1. The highest BCUT2D eigenvalue weighted by Gasteiger charge is 2.11. The van der Waals surface area contributed by atoms with Crippen LogP contribution in [0.2, 0.25) is 0 Å². The van der Waals surface area contributed by atoms with Crippen molar-refractivity contribution in [3.05, 3.63) is 57.0 Å². The molecule has 0 aromatic heterocycles. The van der Waals surface area contributed by atoms with Gasteiger partial charge >= 0.3 is 0 Å². The Morgan fingerprint density at radius 3 is 2.84 bits per heavy atom. The van der Waals surface area contributed by atoms with Crippen LogP contribution < -0.4 is 10.9 Å². The summed E-state index contributed by atoms with van der Waals surface area (Å²) in [4.78, 5) is 20.2. The fourth-order valence-electron chi connectivity index (χ4n) is 1.80. The molecule has 0 spiro atoms. The van der Waals surface area contributed by atoms with Gasteiger partial charge in [0.15, 0.2) is 0 Å². The maximum Gasteiger partial charge on any atom is 0.283 e. The van der Waals surface area contributed by atoms with Crippen LogP contribution in [0.15, 0.2) is 45.9 Å². The zero-order chi connectivity index (χ0) is 13.2. The van der Waals surface area contributed by atoms with Crippen LogP contribution in [0.4, 0.5) is 11.6 Å². The van der Waals surface area contributed by atoms with Gasteiger partial charge in [0.05, 0.1) is 11.3 Å². The number of nitrogens with one attached hydrogen (secondary N) is 1. The third-order valence-corrected chi connectivity index (χ3v) is 3.49. The minimum absolute atomic E-state index is 0.252. The van der Waals surface area contributed by atoms with Gasteiger partial charge in [-0.15, -0.1) is 0 Å². The third-order valence-electron chi connectivity index (χ3n) is 2.82. The predicted molar refractivity (Wildman–Crippen MR) is 77.3 cm³/mol.